The fraction of sp³-hybridized carbons (Fsp3) is 0.947. The van der Waals surface area contributed by atoms with Crippen molar-refractivity contribution in [2.24, 2.45) is 5.92 Å². The fourth-order valence-electron chi connectivity index (χ4n) is 11.5. The van der Waals surface area contributed by atoms with Crippen LogP contribution in [0.1, 0.15) is 394 Å². The maximum Gasteiger partial charge on any atom is 0.472 e. The summed E-state index contributed by atoms with van der Waals surface area (Å²) in [6.45, 7) is 7.24. The Morgan fingerprint density at radius 2 is 0.489 bits per heavy atom. The van der Waals surface area contributed by atoms with E-state index in [1.807, 2.05) is 0 Å². The van der Waals surface area contributed by atoms with Crippen molar-refractivity contribution in [2.75, 3.05) is 39.6 Å². The standard InChI is InChI=1S/C75H146O17P2/c1-6-9-12-15-18-20-22-24-26-27-28-29-31-33-35-40-45-50-55-60-74(79)92-71(65-86-73(78)59-54-49-44-39-34-32-30-25-23-21-19-16-13-10-7-2)67-90-94(83,84)88-63-69(76)62-87-93(81,82)89-66-70(64-85-72(77)58-53-48-42-17-14-11-8-3)91-75(80)61-56-51-46-41-37-36-38-43-47-52-57-68(4)5/h68-71,76H,6-67H2,1-5H3,(H,81,82)(H,83,84)/t69-,70+,71+/m0/s1. The van der Waals surface area contributed by atoms with Gasteiger partial charge in [-0.05, 0) is 31.6 Å². The molecular formula is C75H146O17P2. The second-order valence-electron chi connectivity index (χ2n) is 27.5. The van der Waals surface area contributed by atoms with Crippen molar-refractivity contribution in [1.29, 1.82) is 0 Å². The highest BCUT2D eigenvalue weighted by Gasteiger charge is 2.30. The van der Waals surface area contributed by atoms with Crippen LogP contribution < -0.4 is 0 Å². The van der Waals surface area contributed by atoms with Gasteiger partial charge in [-0.3, -0.25) is 37.3 Å². The molecule has 0 aliphatic heterocycles. The van der Waals surface area contributed by atoms with Crippen molar-refractivity contribution in [2.45, 2.75) is 412 Å². The largest absolute Gasteiger partial charge is 0.472 e. The van der Waals surface area contributed by atoms with Gasteiger partial charge in [-0.1, -0.05) is 343 Å². The van der Waals surface area contributed by atoms with Gasteiger partial charge in [0.1, 0.15) is 19.3 Å². The molecule has 0 heterocycles. The first-order valence-corrected chi connectivity index (χ1v) is 42.1. The summed E-state index contributed by atoms with van der Waals surface area (Å²) >= 11 is 0. The number of rotatable bonds is 75. The molecular weight excluding hydrogens is 1230 g/mol. The zero-order valence-electron chi connectivity index (χ0n) is 61.1. The van der Waals surface area contributed by atoms with E-state index in [2.05, 4.69) is 34.6 Å². The number of carbonyl (C=O) groups excluding carboxylic acids is 4. The molecule has 17 nitrogen and oxygen atoms in total. The van der Waals surface area contributed by atoms with Crippen molar-refractivity contribution in [1.82, 2.24) is 0 Å². The fourth-order valence-corrected chi connectivity index (χ4v) is 13.1. The van der Waals surface area contributed by atoms with Crippen LogP contribution in [0.25, 0.3) is 0 Å². The van der Waals surface area contributed by atoms with Crippen LogP contribution in [0, 0.1) is 5.92 Å². The van der Waals surface area contributed by atoms with Crippen molar-refractivity contribution in [3.63, 3.8) is 0 Å². The van der Waals surface area contributed by atoms with E-state index in [9.17, 15) is 43.2 Å². The molecule has 0 fully saturated rings. The molecule has 0 aromatic rings. The van der Waals surface area contributed by atoms with E-state index in [0.29, 0.717) is 25.7 Å². The molecule has 0 rings (SSSR count). The molecule has 558 valence electrons. The van der Waals surface area contributed by atoms with Gasteiger partial charge in [-0.25, -0.2) is 9.13 Å². The van der Waals surface area contributed by atoms with E-state index in [1.165, 1.54) is 205 Å². The van der Waals surface area contributed by atoms with Crippen LogP contribution in [0.15, 0.2) is 0 Å². The molecule has 0 aliphatic carbocycles. The average Bonchev–Trinajstić information content (AvgIpc) is 2.43. The molecule has 0 saturated carbocycles. The molecule has 0 radical (unpaired) electrons. The second-order valence-corrected chi connectivity index (χ2v) is 30.4. The number of esters is 4. The Labute approximate surface area is 575 Å². The van der Waals surface area contributed by atoms with E-state index in [4.69, 9.17) is 37.0 Å². The van der Waals surface area contributed by atoms with Crippen molar-refractivity contribution in [3.05, 3.63) is 0 Å². The second kappa shape index (κ2) is 68.2. The van der Waals surface area contributed by atoms with Gasteiger partial charge in [0.15, 0.2) is 12.2 Å². The molecule has 0 amide bonds. The van der Waals surface area contributed by atoms with Crippen molar-refractivity contribution >= 4 is 39.5 Å². The van der Waals surface area contributed by atoms with Crippen LogP contribution in [0.5, 0.6) is 0 Å². The van der Waals surface area contributed by atoms with Gasteiger partial charge >= 0.3 is 39.5 Å². The minimum absolute atomic E-state index is 0.106. The van der Waals surface area contributed by atoms with Crippen LogP contribution in [-0.4, -0.2) is 96.7 Å². The highest BCUT2D eigenvalue weighted by molar-refractivity contribution is 7.47. The summed E-state index contributed by atoms with van der Waals surface area (Å²) in [6.07, 6.45) is 57.0. The van der Waals surface area contributed by atoms with E-state index >= 15 is 0 Å². The average molecular weight is 1380 g/mol. The Balaban J connectivity index is 5.19. The lowest BCUT2D eigenvalue weighted by molar-refractivity contribution is -0.161. The normalized spacial score (nSPS) is 14.0. The smallest absolute Gasteiger partial charge is 0.462 e. The first-order chi connectivity index (χ1) is 45.5. The number of hydrogen-bond acceptors (Lipinski definition) is 15. The molecule has 0 aromatic carbocycles. The van der Waals surface area contributed by atoms with Crippen LogP contribution in [0.4, 0.5) is 0 Å². The van der Waals surface area contributed by atoms with Crippen molar-refractivity contribution < 1.29 is 80.2 Å². The van der Waals surface area contributed by atoms with Gasteiger partial charge in [0.05, 0.1) is 26.4 Å². The molecule has 0 aromatic heterocycles. The molecule has 0 saturated heterocycles. The Kier molecular flexibility index (Phi) is 66.8. The van der Waals surface area contributed by atoms with E-state index in [-0.39, 0.29) is 25.7 Å². The first-order valence-electron chi connectivity index (χ1n) is 39.1. The number of phosphoric acid groups is 2. The third-order valence-electron chi connectivity index (χ3n) is 17.5. The molecule has 0 spiro atoms. The van der Waals surface area contributed by atoms with E-state index in [1.54, 1.807) is 0 Å². The molecule has 0 bridgehead atoms. The zero-order valence-corrected chi connectivity index (χ0v) is 62.9. The van der Waals surface area contributed by atoms with Crippen LogP contribution in [0.3, 0.4) is 0 Å². The Bertz CT molecular complexity index is 1810. The van der Waals surface area contributed by atoms with Gasteiger partial charge in [0.2, 0.25) is 0 Å². The third-order valence-corrected chi connectivity index (χ3v) is 19.4. The summed E-state index contributed by atoms with van der Waals surface area (Å²) in [7, 11) is -9.90. The quantitative estimate of drug-likeness (QED) is 0.0222. The highest BCUT2D eigenvalue weighted by atomic mass is 31.2. The maximum atomic E-state index is 13.1. The van der Waals surface area contributed by atoms with Gasteiger partial charge in [0.25, 0.3) is 0 Å². The minimum atomic E-state index is -4.95. The molecule has 5 atom stereocenters. The summed E-state index contributed by atoms with van der Waals surface area (Å²) in [5, 5.41) is 10.6. The van der Waals surface area contributed by atoms with Gasteiger partial charge in [-0.15, -0.1) is 0 Å². The van der Waals surface area contributed by atoms with Crippen LogP contribution in [0.2, 0.25) is 0 Å². The predicted octanol–water partition coefficient (Wildman–Crippen LogP) is 22.1. The Hall–Kier alpha value is -1.94. The molecule has 94 heavy (non-hydrogen) atoms. The number of phosphoric ester groups is 2. The number of ether oxygens (including phenoxy) is 4. The Morgan fingerprint density at radius 1 is 0.287 bits per heavy atom. The van der Waals surface area contributed by atoms with Gasteiger partial charge < -0.3 is 33.8 Å². The van der Waals surface area contributed by atoms with Gasteiger partial charge in [-0.2, -0.15) is 0 Å². The summed E-state index contributed by atoms with van der Waals surface area (Å²) < 4.78 is 68.4. The lowest BCUT2D eigenvalue weighted by Gasteiger charge is -2.21. The molecule has 2 unspecified atom stereocenters. The molecule has 0 aliphatic rings. The SMILES string of the molecule is CCCCCCCCCCCCCCCCCCCCCC(=O)O[C@H](COC(=O)CCCCCCCCCCCCCCCCC)COP(=O)(O)OC[C@@H](O)COP(=O)(O)OC[C@@H](COC(=O)CCCCCCCCC)OC(=O)CCCCCCCCCCCCC(C)C. The zero-order chi connectivity index (χ0) is 69.1. The van der Waals surface area contributed by atoms with Crippen LogP contribution in [-0.2, 0) is 65.4 Å². The minimum Gasteiger partial charge on any atom is -0.462 e. The lowest BCUT2D eigenvalue weighted by atomic mass is 10.0. The summed E-state index contributed by atoms with van der Waals surface area (Å²) in [5.41, 5.74) is 0. The number of unbranched alkanes of at least 4 members (excludes halogenated alkanes) is 47. The topological polar surface area (TPSA) is 237 Å². The lowest BCUT2D eigenvalue weighted by Crippen LogP contribution is -2.30. The molecule has 19 heteroatoms. The maximum absolute atomic E-state index is 13.1. The van der Waals surface area contributed by atoms with Gasteiger partial charge in [0, 0.05) is 25.7 Å². The number of aliphatic hydroxyl groups is 1. The summed E-state index contributed by atoms with van der Waals surface area (Å²) in [6, 6.07) is 0. The third kappa shape index (κ3) is 68.6. The number of hydrogen-bond donors (Lipinski definition) is 3. The molecule has 3 N–H and O–H groups in total. The first kappa shape index (κ1) is 92.1. The monoisotopic (exact) mass is 1380 g/mol. The Morgan fingerprint density at radius 3 is 0.723 bits per heavy atom. The summed E-state index contributed by atoms with van der Waals surface area (Å²) in [5.74, 6) is -1.37. The predicted molar refractivity (Wildman–Crippen MR) is 382 cm³/mol. The number of carbonyl (C=O) groups is 4. The number of aliphatic hydroxyl groups excluding tert-OH is 1. The highest BCUT2D eigenvalue weighted by Crippen LogP contribution is 2.45. The van der Waals surface area contributed by atoms with Crippen LogP contribution >= 0.6 is 15.6 Å². The summed E-state index contributed by atoms with van der Waals surface area (Å²) in [4.78, 5) is 72.6. The van der Waals surface area contributed by atoms with Crippen molar-refractivity contribution in [3.8, 4) is 0 Å². The van der Waals surface area contributed by atoms with E-state index < -0.39 is 97.5 Å². The van der Waals surface area contributed by atoms with E-state index in [0.717, 1.165) is 109 Å².